The summed E-state index contributed by atoms with van der Waals surface area (Å²) >= 11 is 0. The highest BCUT2D eigenvalue weighted by Gasteiger charge is 2.47. The highest BCUT2D eigenvalue weighted by molar-refractivity contribution is 5.95. The van der Waals surface area contributed by atoms with Crippen molar-refractivity contribution in [2.45, 2.75) is 51.0 Å². The normalized spacial score (nSPS) is 20.6. The molecule has 1 aromatic heterocycles. The van der Waals surface area contributed by atoms with Crippen molar-refractivity contribution in [2.75, 3.05) is 56.6 Å². The Balaban J connectivity index is 1.25. The molecule has 34 heavy (non-hydrogen) atoms. The number of hydrogen-bond acceptors (Lipinski definition) is 5. The number of aromatic nitrogens is 2. The van der Waals surface area contributed by atoms with E-state index in [1.165, 1.54) is 6.07 Å². The lowest BCUT2D eigenvalue weighted by atomic mass is 9.74. The summed E-state index contributed by atoms with van der Waals surface area (Å²) in [5.74, 6) is 0.760. The van der Waals surface area contributed by atoms with Gasteiger partial charge in [-0.1, -0.05) is 0 Å². The number of piperidine rings is 2. The van der Waals surface area contributed by atoms with Crippen molar-refractivity contribution in [2.24, 2.45) is 0 Å². The maximum Gasteiger partial charge on any atom is 0.323 e. The summed E-state index contributed by atoms with van der Waals surface area (Å²) in [6.45, 7) is 8.59. The second-order valence-electron chi connectivity index (χ2n) is 10.4. The number of fused-ring (bicyclic) bond motifs is 2. The van der Waals surface area contributed by atoms with Crippen LogP contribution in [-0.2, 0) is 5.41 Å². The number of amides is 2. The monoisotopic (exact) mass is 466 g/mol. The van der Waals surface area contributed by atoms with Crippen LogP contribution in [0.15, 0.2) is 24.4 Å². The van der Waals surface area contributed by atoms with Crippen molar-refractivity contribution in [3.8, 4) is 0 Å². The van der Waals surface area contributed by atoms with E-state index in [4.69, 9.17) is 4.98 Å². The van der Waals surface area contributed by atoms with E-state index in [1.807, 2.05) is 24.9 Å². The second kappa shape index (κ2) is 8.80. The van der Waals surface area contributed by atoms with Crippen LogP contribution in [0, 0.1) is 19.7 Å². The molecule has 5 rings (SSSR count). The molecule has 7 nitrogen and oxygen atoms in total. The summed E-state index contributed by atoms with van der Waals surface area (Å²) in [4.78, 5) is 30.5. The van der Waals surface area contributed by atoms with Crippen molar-refractivity contribution in [3.63, 3.8) is 0 Å². The average molecular weight is 467 g/mol. The van der Waals surface area contributed by atoms with Crippen LogP contribution < -0.4 is 9.80 Å². The Bertz CT molecular complexity index is 1070. The molecule has 8 heteroatoms. The Morgan fingerprint density at radius 3 is 2.44 bits per heavy atom. The summed E-state index contributed by atoms with van der Waals surface area (Å²) in [7, 11) is 3.55. The smallest absolute Gasteiger partial charge is 0.323 e. The van der Waals surface area contributed by atoms with Gasteiger partial charge in [0.25, 0.3) is 0 Å². The van der Waals surface area contributed by atoms with Crippen LogP contribution in [0.3, 0.4) is 0 Å². The maximum absolute atomic E-state index is 14.2. The summed E-state index contributed by atoms with van der Waals surface area (Å²) in [6, 6.07) is 5.43. The number of nitrogens with zero attached hydrogens (tertiary/aromatic N) is 6. The molecule has 2 fully saturated rings. The number of aryl methyl sites for hydroxylation is 2. The molecule has 0 radical (unpaired) electrons. The van der Waals surface area contributed by atoms with Gasteiger partial charge in [-0.25, -0.2) is 14.2 Å². The largest absolute Gasteiger partial charge is 0.355 e. The van der Waals surface area contributed by atoms with E-state index in [0.29, 0.717) is 12.6 Å². The van der Waals surface area contributed by atoms with Crippen LogP contribution in [0.4, 0.5) is 20.7 Å². The fraction of sp³-hybridized carbons (Fsp3) is 0.577. The molecule has 2 amide bonds. The van der Waals surface area contributed by atoms with Crippen LogP contribution in [0.25, 0.3) is 0 Å². The maximum atomic E-state index is 14.2. The Morgan fingerprint density at radius 1 is 1.09 bits per heavy atom. The van der Waals surface area contributed by atoms with Gasteiger partial charge < -0.3 is 14.7 Å². The summed E-state index contributed by atoms with van der Waals surface area (Å²) in [5, 5.41) is 0. The van der Waals surface area contributed by atoms with Crippen molar-refractivity contribution in [1.29, 1.82) is 0 Å². The summed E-state index contributed by atoms with van der Waals surface area (Å²) in [6.07, 6.45) is 6.01. The lowest BCUT2D eigenvalue weighted by molar-refractivity contribution is 0.104. The molecule has 0 atom stereocenters. The van der Waals surface area contributed by atoms with Gasteiger partial charge in [0.15, 0.2) is 0 Å². The molecule has 1 aromatic carbocycles. The minimum absolute atomic E-state index is 0.0334. The fourth-order valence-corrected chi connectivity index (χ4v) is 5.94. The zero-order valence-corrected chi connectivity index (χ0v) is 20.7. The number of likely N-dealkylation sites (tertiary alicyclic amines) is 1. The number of halogens is 1. The molecule has 1 spiro atoms. The predicted molar refractivity (Wildman–Crippen MR) is 132 cm³/mol. The first-order valence-corrected chi connectivity index (χ1v) is 12.4. The molecule has 3 aliphatic rings. The van der Waals surface area contributed by atoms with Crippen LogP contribution in [0.1, 0.15) is 42.6 Å². The van der Waals surface area contributed by atoms with Gasteiger partial charge in [0, 0.05) is 50.9 Å². The molecule has 182 valence electrons. The van der Waals surface area contributed by atoms with E-state index in [1.54, 1.807) is 31.1 Å². The van der Waals surface area contributed by atoms with E-state index >= 15 is 0 Å². The van der Waals surface area contributed by atoms with Gasteiger partial charge in [-0.2, -0.15) is 0 Å². The molecular formula is C26H35FN6O. The topological polar surface area (TPSA) is 55.8 Å². The van der Waals surface area contributed by atoms with Gasteiger partial charge in [0.2, 0.25) is 0 Å². The first-order valence-electron chi connectivity index (χ1n) is 12.4. The Kier molecular flexibility index (Phi) is 5.96. The highest BCUT2D eigenvalue weighted by Crippen LogP contribution is 2.48. The number of carbonyl (C=O) groups is 1. The third-order valence-corrected chi connectivity index (χ3v) is 8.13. The lowest BCUT2D eigenvalue weighted by Crippen LogP contribution is -2.52. The van der Waals surface area contributed by atoms with Crippen LogP contribution >= 0.6 is 0 Å². The van der Waals surface area contributed by atoms with Crippen molar-refractivity contribution in [1.82, 2.24) is 19.8 Å². The molecule has 3 aliphatic heterocycles. The summed E-state index contributed by atoms with van der Waals surface area (Å²) < 4.78 is 14.2. The molecule has 0 N–H and O–H groups in total. The second-order valence-corrected chi connectivity index (χ2v) is 10.4. The lowest BCUT2D eigenvalue weighted by Gasteiger charge is -2.45. The van der Waals surface area contributed by atoms with E-state index in [0.717, 1.165) is 80.3 Å². The molecule has 2 aromatic rings. The Hall–Kier alpha value is -2.74. The van der Waals surface area contributed by atoms with E-state index < -0.39 is 0 Å². The van der Waals surface area contributed by atoms with Crippen molar-refractivity contribution < 1.29 is 9.18 Å². The van der Waals surface area contributed by atoms with Crippen molar-refractivity contribution >= 4 is 17.5 Å². The zero-order chi connectivity index (χ0) is 24.0. The fourth-order valence-electron chi connectivity index (χ4n) is 5.94. The Labute approximate surface area is 201 Å². The summed E-state index contributed by atoms with van der Waals surface area (Å²) in [5.41, 5.74) is 3.70. The van der Waals surface area contributed by atoms with Gasteiger partial charge in [0.05, 0.1) is 17.6 Å². The minimum Gasteiger partial charge on any atom is -0.355 e. The first kappa shape index (κ1) is 23.0. The van der Waals surface area contributed by atoms with Crippen LogP contribution in [0.2, 0.25) is 0 Å². The molecule has 0 bridgehead atoms. The van der Waals surface area contributed by atoms with Gasteiger partial charge >= 0.3 is 6.03 Å². The minimum atomic E-state index is -0.221. The van der Waals surface area contributed by atoms with Gasteiger partial charge in [-0.3, -0.25) is 9.88 Å². The highest BCUT2D eigenvalue weighted by atomic mass is 19.1. The first-order chi connectivity index (χ1) is 16.3. The Morgan fingerprint density at radius 2 is 1.79 bits per heavy atom. The standard InChI is InChI=1S/C26H35FN6O/c1-18-19(2)29-24(16-28-18)32-11-7-21(8-12-32)31-13-9-26(10-14-31)17-33(25(34)30(3)4)23-6-5-20(27)15-22(23)26/h5-6,15-16,21H,7-14,17H2,1-4H3. The zero-order valence-electron chi connectivity index (χ0n) is 20.7. The molecular weight excluding hydrogens is 431 g/mol. The SMILES string of the molecule is Cc1ncc(N2CCC(N3CCC4(CC3)CN(C(=O)N(C)C)c3ccc(F)cc34)CC2)nc1C. The quantitative estimate of drug-likeness (QED) is 0.675. The van der Waals surface area contributed by atoms with Crippen LogP contribution in [-0.4, -0.2) is 78.7 Å². The molecule has 0 saturated carbocycles. The third kappa shape index (κ3) is 4.02. The van der Waals surface area contributed by atoms with Gasteiger partial charge in [-0.05, 0) is 76.4 Å². The van der Waals surface area contributed by atoms with E-state index in [9.17, 15) is 9.18 Å². The average Bonchev–Trinajstić information content (AvgIpc) is 3.14. The molecule has 4 heterocycles. The van der Waals surface area contributed by atoms with Crippen LogP contribution in [0.5, 0.6) is 0 Å². The number of urea groups is 1. The van der Waals surface area contributed by atoms with E-state index in [-0.39, 0.29) is 17.3 Å². The number of anilines is 2. The van der Waals surface area contributed by atoms with E-state index in [2.05, 4.69) is 14.8 Å². The van der Waals surface area contributed by atoms with Gasteiger partial charge in [-0.15, -0.1) is 0 Å². The number of hydrogen-bond donors (Lipinski definition) is 0. The molecule has 2 saturated heterocycles. The number of rotatable bonds is 2. The number of carbonyl (C=O) groups excluding carboxylic acids is 1. The number of benzene rings is 1. The predicted octanol–water partition coefficient (Wildman–Crippen LogP) is 3.74. The van der Waals surface area contributed by atoms with Gasteiger partial charge in [0.1, 0.15) is 11.6 Å². The van der Waals surface area contributed by atoms with Crippen molar-refractivity contribution in [3.05, 3.63) is 47.2 Å². The third-order valence-electron chi connectivity index (χ3n) is 8.13. The molecule has 0 aliphatic carbocycles. The molecule has 0 unspecified atom stereocenters.